The van der Waals surface area contributed by atoms with Crippen molar-refractivity contribution in [1.82, 2.24) is 12.7 Å². The van der Waals surface area contributed by atoms with Crippen LogP contribution in [0.3, 0.4) is 0 Å². The average Bonchev–Trinajstić information content (AvgIpc) is 1.89. The fourth-order valence-electron chi connectivity index (χ4n) is 0.338. The number of hydrogen-bond donors (Lipinski definition) is 0. The maximum atomic E-state index is 3.87. The van der Waals surface area contributed by atoms with Gasteiger partial charge in [0, 0.05) is 0 Å². The van der Waals surface area contributed by atoms with Gasteiger partial charge in [0.25, 0.3) is 0 Å². The Balaban J connectivity index is 3.33. The highest BCUT2D eigenvalue weighted by Crippen LogP contribution is 1.83. The molecule has 1 rings (SSSR count). The van der Waals surface area contributed by atoms with Gasteiger partial charge >= 0.3 is 0 Å². The maximum absolute atomic E-state index is 3.87. The molecule has 4 nitrogen and oxygen atoms in total. The van der Waals surface area contributed by atoms with Crippen LogP contribution in [0.5, 0.6) is 0 Å². The summed E-state index contributed by atoms with van der Waals surface area (Å²) >= 11 is 3.94. The van der Waals surface area contributed by atoms with E-state index in [0.717, 1.165) is 0 Å². The van der Waals surface area contributed by atoms with Gasteiger partial charge in [-0.05, 0) is 0 Å². The molecule has 1 heterocycles. The Morgan fingerprint density at radius 2 is 2.44 bits per heavy atom. The van der Waals surface area contributed by atoms with Crippen molar-refractivity contribution in [1.29, 1.82) is 0 Å². The van der Waals surface area contributed by atoms with Crippen molar-refractivity contribution in [2.24, 2.45) is 3.21 Å². The summed E-state index contributed by atoms with van der Waals surface area (Å²) in [4.78, 5) is 7.64. The topological polar surface area (TPSA) is 43.1 Å². The summed E-state index contributed by atoms with van der Waals surface area (Å²) in [6.45, 7) is 0. The van der Waals surface area contributed by atoms with Crippen molar-refractivity contribution in [2.75, 3.05) is 0 Å². The van der Waals surface area contributed by atoms with Crippen molar-refractivity contribution < 1.29 is 0 Å². The smallest absolute Gasteiger partial charge is 0.240 e. The van der Waals surface area contributed by atoms with Crippen LogP contribution in [0.1, 0.15) is 0 Å². The van der Waals surface area contributed by atoms with Crippen LogP contribution in [0.15, 0.2) is 15.9 Å². The molecule has 0 saturated carbocycles. The van der Waals surface area contributed by atoms with Crippen molar-refractivity contribution >= 4 is 45.7 Å². The van der Waals surface area contributed by atoms with Crippen LogP contribution in [-0.2, 0) is 0 Å². The van der Waals surface area contributed by atoms with E-state index < -0.39 is 0 Å². The minimum absolute atomic E-state index is 0.659. The number of nitrogens with zero attached hydrogens (tertiary/aromatic N) is 4. The zero-order valence-corrected chi connectivity index (χ0v) is 8.51. The van der Waals surface area contributed by atoms with E-state index in [-0.39, 0.29) is 0 Å². The summed E-state index contributed by atoms with van der Waals surface area (Å²) in [6.07, 6.45) is 3.11. The molecular formula is C3H2I2N4. The molecule has 48 valence electrons. The molecule has 0 fully saturated rings. The van der Waals surface area contributed by atoms with Gasteiger partial charge < -0.3 is 0 Å². The first-order valence-electron chi connectivity index (χ1n) is 2.04. The number of halogens is 2. The van der Waals surface area contributed by atoms with Gasteiger partial charge in [0.05, 0.1) is 45.7 Å². The molecule has 0 radical (unpaired) electrons. The molecule has 0 aliphatic carbocycles. The Morgan fingerprint density at radius 1 is 1.67 bits per heavy atom. The zero-order chi connectivity index (χ0) is 6.69. The Morgan fingerprint density at radius 3 is 2.89 bits per heavy atom. The van der Waals surface area contributed by atoms with Crippen LogP contribution in [0, 0.1) is 0 Å². The van der Waals surface area contributed by atoms with Gasteiger partial charge in [-0.3, -0.25) is 0 Å². The molecule has 0 atom stereocenters. The first-order valence-corrected chi connectivity index (χ1v) is 3.97. The molecule has 0 aliphatic rings. The van der Waals surface area contributed by atoms with E-state index in [0.29, 0.717) is 5.62 Å². The molecule has 1 aromatic heterocycles. The lowest BCUT2D eigenvalue weighted by atomic mass is 11.0. The maximum Gasteiger partial charge on any atom is 0.246 e. The Labute approximate surface area is 79.4 Å². The third-order valence-electron chi connectivity index (χ3n) is 0.675. The van der Waals surface area contributed by atoms with E-state index in [2.05, 4.69) is 36.0 Å². The number of aromatic nitrogens is 3. The van der Waals surface area contributed by atoms with Gasteiger partial charge in [0.1, 0.15) is 12.7 Å². The Hall–Kier alpha value is 0.270. The van der Waals surface area contributed by atoms with E-state index >= 15 is 0 Å². The molecule has 1 aromatic rings. The molecule has 0 N–H and O–H groups in total. The molecule has 0 unspecified atom stereocenters. The van der Waals surface area contributed by atoms with Crippen LogP contribution in [0.25, 0.3) is 0 Å². The number of hydrogen-bond acceptors (Lipinski definition) is 3. The second kappa shape index (κ2) is 3.44. The first kappa shape index (κ1) is 7.38. The lowest BCUT2D eigenvalue weighted by Gasteiger charge is -1.88. The first-order chi connectivity index (χ1) is 4.34. The summed E-state index contributed by atoms with van der Waals surface area (Å²) in [6, 6.07) is 0. The molecule has 9 heavy (non-hydrogen) atoms. The quantitative estimate of drug-likeness (QED) is 0.649. The van der Waals surface area contributed by atoms with E-state index in [1.165, 1.54) is 6.33 Å². The van der Waals surface area contributed by atoms with E-state index in [4.69, 9.17) is 0 Å². The van der Waals surface area contributed by atoms with Crippen LogP contribution in [0.2, 0.25) is 0 Å². The molecule has 0 aliphatic heterocycles. The normalized spacial score (nSPS) is 12.0. The van der Waals surface area contributed by atoms with Crippen molar-refractivity contribution in [3.63, 3.8) is 0 Å². The summed E-state index contributed by atoms with van der Waals surface area (Å²) in [5.41, 5.74) is 0.659. The van der Waals surface area contributed by atoms with Crippen LogP contribution >= 0.6 is 45.7 Å². The van der Waals surface area contributed by atoms with E-state index in [9.17, 15) is 0 Å². The van der Waals surface area contributed by atoms with E-state index in [1.54, 1.807) is 9.11 Å². The van der Waals surface area contributed by atoms with Gasteiger partial charge in [-0.15, -0.1) is 0 Å². The summed E-state index contributed by atoms with van der Waals surface area (Å²) in [7, 11) is 0. The van der Waals surface area contributed by atoms with Crippen molar-refractivity contribution in [2.45, 2.75) is 0 Å². The molecule has 0 amide bonds. The SMILES string of the molecule is IN=c1ncncn1I. The summed E-state index contributed by atoms with van der Waals surface area (Å²) in [5.74, 6) is 0. The fraction of sp³-hybridized carbons (Fsp3) is 0. The van der Waals surface area contributed by atoms with Crippen molar-refractivity contribution in [3.8, 4) is 0 Å². The lowest BCUT2D eigenvalue weighted by molar-refractivity contribution is 0.944. The summed E-state index contributed by atoms with van der Waals surface area (Å²) in [5, 5.41) is 0. The molecule has 0 bridgehead atoms. The highest BCUT2D eigenvalue weighted by atomic mass is 127. The zero-order valence-electron chi connectivity index (χ0n) is 4.20. The standard InChI is InChI=1S/C3H2I2N4/c4-8-3-7-1-6-2-9(3)5/h1-2H. The predicted octanol–water partition coefficient (Wildman–Crippen LogP) is 0.727. The lowest BCUT2D eigenvalue weighted by Crippen LogP contribution is -2.15. The van der Waals surface area contributed by atoms with Gasteiger partial charge in [-0.25, -0.2) is 7.76 Å². The van der Waals surface area contributed by atoms with Crippen molar-refractivity contribution in [3.05, 3.63) is 18.3 Å². The predicted molar refractivity (Wildman–Crippen MR) is 49.0 cm³/mol. The van der Waals surface area contributed by atoms with Gasteiger partial charge in [0.15, 0.2) is 0 Å². The third kappa shape index (κ3) is 1.85. The molecule has 0 saturated heterocycles. The second-order valence-electron chi connectivity index (χ2n) is 1.20. The van der Waals surface area contributed by atoms with E-state index in [1.807, 2.05) is 22.9 Å². The van der Waals surface area contributed by atoms with Crippen LogP contribution in [-0.4, -0.2) is 12.7 Å². The Kier molecular flexibility index (Phi) is 2.82. The van der Waals surface area contributed by atoms with Gasteiger partial charge in [0.2, 0.25) is 5.62 Å². The molecule has 0 spiro atoms. The average molecular weight is 348 g/mol. The highest BCUT2D eigenvalue weighted by molar-refractivity contribution is 14.1. The molecular weight excluding hydrogens is 346 g/mol. The minimum atomic E-state index is 0.659. The fourth-order valence-corrected chi connectivity index (χ4v) is 1.48. The van der Waals surface area contributed by atoms with Gasteiger partial charge in [-0.2, -0.15) is 8.19 Å². The molecule has 6 heteroatoms. The highest BCUT2D eigenvalue weighted by Gasteiger charge is 1.83. The molecule has 0 aromatic carbocycles. The van der Waals surface area contributed by atoms with Crippen LogP contribution in [0.4, 0.5) is 0 Å². The second-order valence-corrected chi connectivity index (χ2v) is 2.73. The number of rotatable bonds is 0. The third-order valence-corrected chi connectivity index (χ3v) is 1.79. The Bertz CT molecular complexity index is 254. The monoisotopic (exact) mass is 348 g/mol. The summed E-state index contributed by atoms with van der Waals surface area (Å²) < 4.78 is 5.56. The largest absolute Gasteiger partial charge is 0.246 e. The minimum Gasteiger partial charge on any atom is -0.240 e. The van der Waals surface area contributed by atoms with Gasteiger partial charge in [-0.1, -0.05) is 0 Å². The van der Waals surface area contributed by atoms with Crippen LogP contribution < -0.4 is 5.62 Å².